The van der Waals surface area contributed by atoms with Crippen molar-refractivity contribution in [3.63, 3.8) is 0 Å². The number of para-hydroxylation sites is 2. The number of fused-ring (bicyclic) bond motifs is 1. The van der Waals surface area contributed by atoms with Gasteiger partial charge in [-0.3, -0.25) is 4.79 Å². The van der Waals surface area contributed by atoms with Crippen molar-refractivity contribution in [2.24, 2.45) is 0 Å². The number of hydrogen-bond donors (Lipinski definition) is 1. The van der Waals surface area contributed by atoms with Gasteiger partial charge in [0, 0.05) is 16.5 Å². The molecular weight excluding hydrogens is 298 g/mol. The van der Waals surface area contributed by atoms with Crippen LogP contribution in [0.5, 0.6) is 11.5 Å². The van der Waals surface area contributed by atoms with Crippen LogP contribution in [0.2, 0.25) is 0 Å². The average Bonchev–Trinajstić information content (AvgIpc) is 3.07. The van der Waals surface area contributed by atoms with Crippen LogP contribution in [0.25, 0.3) is 10.9 Å². The highest BCUT2D eigenvalue weighted by molar-refractivity contribution is 6.10. The van der Waals surface area contributed by atoms with Crippen LogP contribution >= 0.6 is 0 Å². The van der Waals surface area contributed by atoms with Gasteiger partial charge in [0.05, 0.1) is 5.69 Å². The van der Waals surface area contributed by atoms with Crippen LogP contribution < -0.4 is 4.74 Å². The molecule has 116 valence electrons. The van der Waals surface area contributed by atoms with Crippen LogP contribution in [0.4, 0.5) is 0 Å². The molecular formula is C21H15NO2. The standard InChI is InChI=1S/C21H15NO2/c23-21(20-14-16-6-4-5-9-19(16)22-20)15-10-12-18(13-11-15)24-17-7-2-1-3-8-17/h1-14,22H. The summed E-state index contributed by atoms with van der Waals surface area (Å²) in [6.07, 6.45) is 0. The number of aromatic nitrogens is 1. The lowest BCUT2D eigenvalue weighted by atomic mass is 10.1. The van der Waals surface area contributed by atoms with Gasteiger partial charge < -0.3 is 9.72 Å². The Kier molecular flexibility index (Phi) is 3.60. The summed E-state index contributed by atoms with van der Waals surface area (Å²) in [5, 5.41) is 1.03. The zero-order valence-corrected chi connectivity index (χ0v) is 12.9. The molecule has 0 unspecified atom stereocenters. The van der Waals surface area contributed by atoms with E-state index in [0.29, 0.717) is 17.0 Å². The van der Waals surface area contributed by atoms with E-state index in [-0.39, 0.29) is 5.78 Å². The summed E-state index contributed by atoms with van der Waals surface area (Å²) in [5.41, 5.74) is 2.18. The molecule has 0 aliphatic carbocycles. The molecule has 0 spiro atoms. The number of carbonyl (C=O) groups excluding carboxylic acids is 1. The molecule has 0 bridgehead atoms. The SMILES string of the molecule is O=C(c1ccc(Oc2ccccc2)cc1)c1cc2ccccc2[nH]1. The predicted octanol–water partition coefficient (Wildman–Crippen LogP) is 5.19. The third-order valence-electron chi connectivity index (χ3n) is 3.87. The molecule has 0 aliphatic rings. The van der Waals surface area contributed by atoms with Gasteiger partial charge in [-0.25, -0.2) is 0 Å². The van der Waals surface area contributed by atoms with Crippen molar-refractivity contribution < 1.29 is 9.53 Å². The van der Waals surface area contributed by atoms with Crippen molar-refractivity contribution in [1.29, 1.82) is 0 Å². The molecule has 1 aromatic heterocycles. The Balaban J connectivity index is 1.56. The smallest absolute Gasteiger partial charge is 0.209 e. The minimum Gasteiger partial charge on any atom is -0.457 e. The number of aromatic amines is 1. The molecule has 0 radical (unpaired) electrons. The van der Waals surface area contributed by atoms with Crippen LogP contribution in [0, 0.1) is 0 Å². The van der Waals surface area contributed by atoms with E-state index in [9.17, 15) is 4.79 Å². The van der Waals surface area contributed by atoms with Gasteiger partial charge in [0.1, 0.15) is 11.5 Å². The maximum absolute atomic E-state index is 12.6. The van der Waals surface area contributed by atoms with Crippen molar-refractivity contribution in [1.82, 2.24) is 4.98 Å². The number of hydrogen-bond acceptors (Lipinski definition) is 2. The fourth-order valence-corrected chi connectivity index (χ4v) is 2.65. The van der Waals surface area contributed by atoms with E-state index in [1.165, 1.54) is 0 Å². The first-order valence-corrected chi connectivity index (χ1v) is 7.75. The van der Waals surface area contributed by atoms with Crippen LogP contribution in [-0.2, 0) is 0 Å². The van der Waals surface area contributed by atoms with Crippen LogP contribution in [0.1, 0.15) is 16.1 Å². The second-order valence-electron chi connectivity index (χ2n) is 5.54. The predicted molar refractivity (Wildman–Crippen MR) is 94.7 cm³/mol. The number of carbonyl (C=O) groups is 1. The van der Waals surface area contributed by atoms with Crippen molar-refractivity contribution in [3.8, 4) is 11.5 Å². The summed E-state index contributed by atoms with van der Waals surface area (Å²) in [6, 6.07) is 26.5. The summed E-state index contributed by atoms with van der Waals surface area (Å²) in [7, 11) is 0. The molecule has 0 aliphatic heterocycles. The van der Waals surface area contributed by atoms with Gasteiger partial charge in [0.25, 0.3) is 0 Å². The fraction of sp³-hybridized carbons (Fsp3) is 0. The van der Waals surface area contributed by atoms with E-state index in [0.717, 1.165) is 16.7 Å². The first kappa shape index (κ1) is 14.3. The first-order chi connectivity index (χ1) is 11.8. The van der Waals surface area contributed by atoms with Crippen molar-refractivity contribution >= 4 is 16.7 Å². The number of ether oxygens (including phenoxy) is 1. The number of H-pyrrole nitrogens is 1. The van der Waals surface area contributed by atoms with Gasteiger partial charge in [0.2, 0.25) is 5.78 Å². The van der Waals surface area contributed by atoms with E-state index in [1.807, 2.05) is 72.8 Å². The first-order valence-electron chi connectivity index (χ1n) is 7.75. The molecule has 0 amide bonds. The Morgan fingerprint density at radius 1 is 0.750 bits per heavy atom. The largest absolute Gasteiger partial charge is 0.457 e. The third-order valence-corrected chi connectivity index (χ3v) is 3.87. The van der Waals surface area contributed by atoms with E-state index >= 15 is 0 Å². The molecule has 1 N–H and O–H groups in total. The Bertz CT molecular complexity index is 952. The van der Waals surface area contributed by atoms with Crippen molar-refractivity contribution in [2.45, 2.75) is 0 Å². The normalized spacial score (nSPS) is 10.7. The highest BCUT2D eigenvalue weighted by Crippen LogP contribution is 2.23. The lowest BCUT2D eigenvalue weighted by Gasteiger charge is -2.06. The minimum atomic E-state index is -0.0301. The minimum absolute atomic E-state index is 0.0301. The third kappa shape index (κ3) is 2.79. The quantitative estimate of drug-likeness (QED) is 0.527. The highest BCUT2D eigenvalue weighted by Gasteiger charge is 2.12. The maximum Gasteiger partial charge on any atom is 0.209 e. The number of ketones is 1. The molecule has 1 heterocycles. The number of benzene rings is 3. The Labute approximate surface area is 139 Å². The second-order valence-corrected chi connectivity index (χ2v) is 5.54. The lowest BCUT2D eigenvalue weighted by molar-refractivity contribution is 0.103. The van der Waals surface area contributed by atoms with E-state index in [4.69, 9.17) is 4.74 Å². The van der Waals surface area contributed by atoms with Crippen molar-refractivity contribution in [3.05, 3.63) is 96.2 Å². The highest BCUT2D eigenvalue weighted by atomic mass is 16.5. The molecule has 0 atom stereocenters. The molecule has 3 heteroatoms. The summed E-state index contributed by atoms with van der Waals surface area (Å²) < 4.78 is 5.75. The van der Waals surface area contributed by atoms with Crippen LogP contribution in [-0.4, -0.2) is 10.8 Å². The van der Waals surface area contributed by atoms with E-state index in [2.05, 4.69) is 4.98 Å². The van der Waals surface area contributed by atoms with Crippen LogP contribution in [0.3, 0.4) is 0 Å². The average molecular weight is 313 g/mol. The van der Waals surface area contributed by atoms with Gasteiger partial charge in [0.15, 0.2) is 0 Å². The van der Waals surface area contributed by atoms with Crippen LogP contribution in [0.15, 0.2) is 84.9 Å². The summed E-state index contributed by atoms with van der Waals surface area (Å²) in [5.74, 6) is 1.44. The van der Waals surface area contributed by atoms with Crippen molar-refractivity contribution in [2.75, 3.05) is 0 Å². The summed E-state index contributed by atoms with van der Waals surface area (Å²) in [4.78, 5) is 15.8. The van der Waals surface area contributed by atoms with Gasteiger partial charge in [-0.15, -0.1) is 0 Å². The van der Waals surface area contributed by atoms with Gasteiger partial charge in [-0.1, -0.05) is 36.4 Å². The maximum atomic E-state index is 12.6. The summed E-state index contributed by atoms with van der Waals surface area (Å²) >= 11 is 0. The number of nitrogens with one attached hydrogen (secondary N) is 1. The Morgan fingerprint density at radius 2 is 1.42 bits per heavy atom. The number of rotatable bonds is 4. The van der Waals surface area contributed by atoms with E-state index < -0.39 is 0 Å². The lowest BCUT2D eigenvalue weighted by Crippen LogP contribution is -2.01. The molecule has 3 nitrogen and oxygen atoms in total. The van der Waals surface area contributed by atoms with Gasteiger partial charge >= 0.3 is 0 Å². The van der Waals surface area contributed by atoms with Gasteiger partial charge in [-0.05, 0) is 48.5 Å². The Hall–Kier alpha value is -3.33. The summed E-state index contributed by atoms with van der Waals surface area (Å²) in [6.45, 7) is 0. The molecule has 0 saturated heterocycles. The molecule has 0 fully saturated rings. The molecule has 4 rings (SSSR count). The Morgan fingerprint density at radius 3 is 2.17 bits per heavy atom. The molecule has 0 saturated carbocycles. The zero-order chi connectivity index (χ0) is 16.4. The molecule has 24 heavy (non-hydrogen) atoms. The van der Waals surface area contributed by atoms with E-state index in [1.54, 1.807) is 12.1 Å². The topological polar surface area (TPSA) is 42.1 Å². The second kappa shape index (κ2) is 6.05. The molecule has 4 aromatic rings. The van der Waals surface area contributed by atoms with Gasteiger partial charge in [-0.2, -0.15) is 0 Å². The fourth-order valence-electron chi connectivity index (χ4n) is 2.65. The zero-order valence-electron chi connectivity index (χ0n) is 12.9. The monoisotopic (exact) mass is 313 g/mol. The molecule has 3 aromatic carbocycles.